The SMILES string of the molecule is CC(NC(=O)OCC1c2ccccc2-c2ccccc21)C(C)C(=O)N(C)c1ccc(C(=O)O)cc1. The summed E-state index contributed by atoms with van der Waals surface area (Å²) in [5.41, 5.74) is 5.30. The third-order valence-corrected chi connectivity index (χ3v) is 6.66. The molecule has 2 atom stereocenters. The summed E-state index contributed by atoms with van der Waals surface area (Å²) in [6.45, 7) is 3.69. The van der Waals surface area contributed by atoms with Gasteiger partial charge in [-0.05, 0) is 53.4 Å². The Kier molecular flexibility index (Phi) is 6.87. The number of benzene rings is 3. The number of carboxylic acids is 1. The van der Waals surface area contributed by atoms with Gasteiger partial charge in [-0.2, -0.15) is 0 Å². The van der Waals surface area contributed by atoms with Gasteiger partial charge in [0.25, 0.3) is 0 Å². The molecular formula is C28H28N2O5. The van der Waals surface area contributed by atoms with Gasteiger partial charge in [-0.25, -0.2) is 9.59 Å². The molecule has 0 radical (unpaired) electrons. The van der Waals surface area contributed by atoms with Gasteiger partial charge >= 0.3 is 12.1 Å². The molecule has 0 heterocycles. The molecule has 4 rings (SSSR count). The van der Waals surface area contributed by atoms with E-state index in [0.29, 0.717) is 5.69 Å². The van der Waals surface area contributed by atoms with Gasteiger partial charge in [0.1, 0.15) is 6.61 Å². The quantitative estimate of drug-likeness (QED) is 0.509. The van der Waals surface area contributed by atoms with Gasteiger partial charge in [0, 0.05) is 24.7 Å². The van der Waals surface area contributed by atoms with E-state index in [1.54, 1.807) is 33.0 Å². The van der Waals surface area contributed by atoms with Gasteiger partial charge in [0.15, 0.2) is 0 Å². The second kappa shape index (κ2) is 10.0. The van der Waals surface area contributed by atoms with Crippen LogP contribution in [0.2, 0.25) is 0 Å². The van der Waals surface area contributed by atoms with E-state index in [-0.39, 0.29) is 24.0 Å². The van der Waals surface area contributed by atoms with Crippen molar-refractivity contribution in [2.45, 2.75) is 25.8 Å². The van der Waals surface area contributed by atoms with Gasteiger partial charge in [0.2, 0.25) is 5.91 Å². The number of nitrogens with one attached hydrogen (secondary N) is 1. The lowest BCUT2D eigenvalue weighted by atomic mass is 9.98. The minimum atomic E-state index is -1.03. The van der Waals surface area contributed by atoms with Crippen LogP contribution in [-0.2, 0) is 9.53 Å². The van der Waals surface area contributed by atoms with E-state index in [9.17, 15) is 14.4 Å². The molecule has 35 heavy (non-hydrogen) atoms. The summed E-state index contributed by atoms with van der Waals surface area (Å²) in [7, 11) is 1.62. The lowest BCUT2D eigenvalue weighted by Crippen LogP contribution is -2.45. The van der Waals surface area contributed by atoms with Crippen LogP contribution in [0.4, 0.5) is 10.5 Å². The van der Waals surface area contributed by atoms with E-state index in [1.807, 2.05) is 24.3 Å². The number of ether oxygens (including phenoxy) is 1. The number of carboxylic acid groups (broad SMARTS) is 1. The number of carbonyl (C=O) groups is 3. The molecule has 0 saturated heterocycles. The first kappa shape index (κ1) is 24.0. The number of carbonyl (C=O) groups excluding carboxylic acids is 2. The largest absolute Gasteiger partial charge is 0.478 e. The molecule has 1 aliphatic rings. The number of hydrogen-bond donors (Lipinski definition) is 2. The predicted molar refractivity (Wildman–Crippen MR) is 134 cm³/mol. The van der Waals surface area contributed by atoms with E-state index in [4.69, 9.17) is 9.84 Å². The molecule has 0 spiro atoms. The summed E-state index contributed by atoms with van der Waals surface area (Å²) >= 11 is 0. The number of alkyl carbamates (subject to hydrolysis) is 1. The zero-order chi connectivity index (χ0) is 25.1. The number of aromatic carboxylic acids is 1. The number of hydrogen-bond acceptors (Lipinski definition) is 4. The van der Waals surface area contributed by atoms with Crippen LogP contribution in [0.3, 0.4) is 0 Å². The molecular weight excluding hydrogens is 444 g/mol. The first-order valence-corrected chi connectivity index (χ1v) is 11.5. The Morgan fingerprint density at radius 1 is 0.914 bits per heavy atom. The second-order valence-corrected chi connectivity index (χ2v) is 8.80. The molecule has 0 aromatic heterocycles. The van der Waals surface area contributed by atoms with E-state index in [0.717, 1.165) is 22.3 Å². The molecule has 7 nitrogen and oxygen atoms in total. The predicted octanol–water partition coefficient (Wildman–Crippen LogP) is 4.91. The number of rotatable bonds is 7. The number of nitrogens with zero attached hydrogens (tertiary/aromatic N) is 1. The Morgan fingerprint density at radius 2 is 1.46 bits per heavy atom. The Hall–Kier alpha value is -4.13. The fraction of sp³-hybridized carbons (Fsp3) is 0.250. The van der Waals surface area contributed by atoms with Gasteiger partial charge in [-0.15, -0.1) is 0 Å². The summed E-state index contributed by atoms with van der Waals surface area (Å²) in [5, 5.41) is 11.8. The molecule has 0 fully saturated rings. The molecule has 7 heteroatoms. The van der Waals surface area contributed by atoms with Crippen LogP contribution in [-0.4, -0.2) is 42.8 Å². The first-order valence-electron chi connectivity index (χ1n) is 11.5. The highest BCUT2D eigenvalue weighted by Gasteiger charge is 2.30. The lowest BCUT2D eigenvalue weighted by molar-refractivity contribution is -0.122. The molecule has 180 valence electrons. The monoisotopic (exact) mass is 472 g/mol. The van der Waals surface area contributed by atoms with E-state index < -0.39 is 24.0 Å². The minimum absolute atomic E-state index is 0.0394. The fourth-order valence-corrected chi connectivity index (χ4v) is 4.43. The van der Waals surface area contributed by atoms with Crippen molar-refractivity contribution in [1.29, 1.82) is 0 Å². The Labute approximate surface area is 204 Å². The van der Waals surface area contributed by atoms with Gasteiger partial charge in [0.05, 0.1) is 11.5 Å². The summed E-state index contributed by atoms with van der Waals surface area (Å²) in [4.78, 5) is 38.0. The maximum Gasteiger partial charge on any atom is 0.407 e. The normalized spacial score (nSPS) is 13.8. The van der Waals surface area contributed by atoms with Gasteiger partial charge in [-0.1, -0.05) is 55.5 Å². The molecule has 2 amide bonds. The topological polar surface area (TPSA) is 95.9 Å². The third-order valence-electron chi connectivity index (χ3n) is 6.66. The van der Waals surface area contributed by atoms with Crippen LogP contribution in [0.25, 0.3) is 11.1 Å². The summed E-state index contributed by atoms with van der Waals surface area (Å²) in [6, 6.07) is 21.8. The highest BCUT2D eigenvalue weighted by atomic mass is 16.5. The molecule has 2 unspecified atom stereocenters. The van der Waals surface area contributed by atoms with Crippen molar-refractivity contribution in [2.24, 2.45) is 5.92 Å². The van der Waals surface area contributed by atoms with Crippen LogP contribution < -0.4 is 10.2 Å². The fourth-order valence-electron chi connectivity index (χ4n) is 4.43. The Balaban J connectivity index is 1.35. The Bertz CT molecular complexity index is 1210. The summed E-state index contributed by atoms with van der Waals surface area (Å²) in [5.74, 6) is -1.80. The molecule has 0 saturated carbocycles. The second-order valence-electron chi connectivity index (χ2n) is 8.80. The van der Waals surface area contributed by atoms with Crippen LogP contribution in [0.15, 0.2) is 72.8 Å². The Morgan fingerprint density at radius 3 is 2.00 bits per heavy atom. The molecule has 0 aliphatic heterocycles. The number of anilines is 1. The average molecular weight is 473 g/mol. The molecule has 0 bridgehead atoms. The van der Waals surface area contributed by atoms with E-state index in [1.165, 1.54) is 17.0 Å². The van der Waals surface area contributed by atoms with Crippen molar-refractivity contribution < 1.29 is 24.2 Å². The minimum Gasteiger partial charge on any atom is -0.478 e. The van der Waals surface area contributed by atoms with Gasteiger partial charge < -0.3 is 20.1 Å². The van der Waals surface area contributed by atoms with Gasteiger partial charge in [-0.3, -0.25) is 4.79 Å². The number of amides is 2. The zero-order valence-corrected chi connectivity index (χ0v) is 19.9. The lowest BCUT2D eigenvalue weighted by Gasteiger charge is -2.26. The van der Waals surface area contributed by atoms with Crippen LogP contribution in [0, 0.1) is 5.92 Å². The molecule has 2 N–H and O–H groups in total. The molecule has 1 aliphatic carbocycles. The summed E-state index contributed by atoms with van der Waals surface area (Å²) < 4.78 is 5.59. The standard InChI is InChI=1S/C28H28N2O5/c1-17(26(31)30(3)20-14-12-19(13-15-20)27(32)33)18(2)29-28(34)35-16-25-23-10-6-4-8-21(23)22-9-5-7-11-24(22)25/h4-15,17-18,25H,16H2,1-3H3,(H,29,34)(H,32,33). The van der Waals surface area contributed by atoms with Crippen molar-refractivity contribution in [3.05, 3.63) is 89.5 Å². The third kappa shape index (κ3) is 4.89. The highest BCUT2D eigenvalue weighted by molar-refractivity contribution is 5.96. The summed E-state index contributed by atoms with van der Waals surface area (Å²) in [6.07, 6.45) is -0.576. The van der Waals surface area contributed by atoms with Crippen molar-refractivity contribution in [3.8, 4) is 11.1 Å². The molecule has 3 aromatic rings. The van der Waals surface area contributed by atoms with Crippen molar-refractivity contribution >= 4 is 23.7 Å². The maximum atomic E-state index is 12.9. The van der Waals surface area contributed by atoms with Crippen molar-refractivity contribution in [3.63, 3.8) is 0 Å². The van der Waals surface area contributed by atoms with Crippen LogP contribution in [0.1, 0.15) is 41.3 Å². The van der Waals surface area contributed by atoms with Crippen LogP contribution in [0.5, 0.6) is 0 Å². The zero-order valence-electron chi connectivity index (χ0n) is 19.9. The maximum absolute atomic E-state index is 12.9. The number of fused-ring (bicyclic) bond motifs is 3. The van der Waals surface area contributed by atoms with Crippen molar-refractivity contribution in [2.75, 3.05) is 18.6 Å². The molecule has 3 aromatic carbocycles. The van der Waals surface area contributed by atoms with E-state index in [2.05, 4.69) is 29.6 Å². The van der Waals surface area contributed by atoms with Crippen LogP contribution >= 0.6 is 0 Å². The smallest absolute Gasteiger partial charge is 0.407 e. The van der Waals surface area contributed by atoms with E-state index >= 15 is 0 Å². The highest BCUT2D eigenvalue weighted by Crippen LogP contribution is 2.44. The first-order chi connectivity index (χ1) is 16.8. The average Bonchev–Trinajstić information content (AvgIpc) is 3.19. The van der Waals surface area contributed by atoms with Crippen molar-refractivity contribution in [1.82, 2.24) is 5.32 Å².